The van der Waals surface area contributed by atoms with Crippen molar-refractivity contribution in [1.29, 1.82) is 0 Å². The van der Waals surface area contributed by atoms with E-state index in [-0.39, 0.29) is 36.7 Å². The number of hydrogen-bond acceptors (Lipinski definition) is 5. The molecule has 2 saturated heterocycles. The molecule has 3 unspecified atom stereocenters. The molecule has 0 spiro atoms. The van der Waals surface area contributed by atoms with E-state index in [2.05, 4.69) is 15.5 Å². The van der Waals surface area contributed by atoms with E-state index in [4.69, 9.17) is 0 Å². The molecule has 3 N–H and O–H groups in total. The number of rotatable bonds is 4. The summed E-state index contributed by atoms with van der Waals surface area (Å²) in [6, 6.07) is 15.6. The van der Waals surface area contributed by atoms with Gasteiger partial charge in [-0.3, -0.25) is 19.8 Å². The predicted octanol–water partition coefficient (Wildman–Crippen LogP) is 2.17. The fourth-order valence-electron chi connectivity index (χ4n) is 5.45. The maximum Gasteiger partial charge on any atom is 0.253 e. The molecule has 1 saturated carbocycles. The Morgan fingerprint density at radius 2 is 1.79 bits per heavy atom. The summed E-state index contributed by atoms with van der Waals surface area (Å²) in [5, 5.41) is 16.5. The Kier molecular flexibility index (Phi) is 6.44. The lowest BCUT2D eigenvalue weighted by molar-refractivity contribution is -0.134. The van der Waals surface area contributed by atoms with E-state index in [9.17, 15) is 14.7 Å². The Bertz CT molecular complexity index is 1020. The van der Waals surface area contributed by atoms with Gasteiger partial charge < -0.3 is 15.3 Å². The number of nitrogens with one attached hydrogen (secondary N) is 2. The first-order valence-electron chi connectivity index (χ1n) is 12.0. The summed E-state index contributed by atoms with van der Waals surface area (Å²) in [4.78, 5) is 29.9. The Morgan fingerprint density at radius 3 is 2.61 bits per heavy atom. The second-order valence-electron chi connectivity index (χ2n) is 9.30. The minimum absolute atomic E-state index is 0.0194. The second-order valence-corrected chi connectivity index (χ2v) is 9.30. The van der Waals surface area contributed by atoms with Gasteiger partial charge in [0.05, 0.1) is 12.5 Å². The number of aliphatic hydroxyl groups is 1. The number of fused-ring (bicyclic) bond motifs is 1. The van der Waals surface area contributed by atoms with E-state index in [1.165, 1.54) is 6.42 Å². The molecular weight excluding hydrogens is 416 g/mol. The zero-order chi connectivity index (χ0) is 22.8. The van der Waals surface area contributed by atoms with Crippen LogP contribution in [0.15, 0.2) is 48.5 Å². The van der Waals surface area contributed by atoms with Crippen LogP contribution in [-0.4, -0.2) is 65.2 Å². The van der Waals surface area contributed by atoms with Crippen molar-refractivity contribution in [2.75, 3.05) is 26.2 Å². The lowest BCUT2D eigenvalue weighted by Gasteiger charge is -2.46. The minimum atomic E-state index is -0.146. The number of piperazine rings is 1. The topological polar surface area (TPSA) is 84.9 Å². The van der Waals surface area contributed by atoms with Gasteiger partial charge in [-0.1, -0.05) is 49.2 Å². The highest BCUT2D eigenvalue weighted by molar-refractivity contribution is 5.95. The smallest absolute Gasteiger partial charge is 0.253 e. The predicted molar refractivity (Wildman–Crippen MR) is 126 cm³/mol. The summed E-state index contributed by atoms with van der Waals surface area (Å²) in [7, 11) is 0. The number of nitrogens with zero attached hydrogens (tertiary/aromatic N) is 2. The van der Waals surface area contributed by atoms with Gasteiger partial charge in [-0.05, 0) is 41.7 Å². The molecule has 3 aliphatic rings. The molecule has 2 heterocycles. The van der Waals surface area contributed by atoms with Crippen molar-refractivity contribution in [2.45, 2.75) is 44.6 Å². The summed E-state index contributed by atoms with van der Waals surface area (Å²) in [5.41, 5.74) is 3.38. The van der Waals surface area contributed by atoms with Gasteiger partial charge in [-0.15, -0.1) is 0 Å². The number of benzene rings is 2. The summed E-state index contributed by atoms with van der Waals surface area (Å²) >= 11 is 0. The molecule has 3 atom stereocenters. The first-order valence-corrected chi connectivity index (χ1v) is 12.0. The first kappa shape index (κ1) is 22.1. The summed E-state index contributed by atoms with van der Waals surface area (Å²) in [5.74, 6) is 0.286. The maximum absolute atomic E-state index is 13.2. The lowest BCUT2D eigenvalue weighted by Crippen LogP contribution is -2.69. The van der Waals surface area contributed by atoms with Gasteiger partial charge >= 0.3 is 0 Å². The van der Waals surface area contributed by atoms with Crippen molar-refractivity contribution in [2.24, 2.45) is 5.92 Å². The molecule has 1 aliphatic carbocycles. The summed E-state index contributed by atoms with van der Waals surface area (Å²) in [6.45, 7) is 2.64. The molecule has 2 aromatic carbocycles. The highest BCUT2D eigenvalue weighted by Crippen LogP contribution is 2.28. The standard InChI is InChI=1S/C26H32N4O3/c31-17-20-6-1-2-9-21(20)18-7-5-8-19(16-18)25(33)29-12-14-30(15-13-29)26-27-23-11-4-3-10-22(23)24(32)28-26/h1-2,5-9,16,22-23,26-27,31H,3-4,10-15,17H2,(H,28,32). The molecule has 2 amide bonds. The molecule has 0 aromatic heterocycles. The van der Waals surface area contributed by atoms with Crippen LogP contribution in [0.3, 0.4) is 0 Å². The second kappa shape index (κ2) is 9.63. The molecule has 3 fully saturated rings. The zero-order valence-electron chi connectivity index (χ0n) is 18.9. The normalized spacial score (nSPS) is 25.9. The molecule has 33 heavy (non-hydrogen) atoms. The van der Waals surface area contributed by atoms with Crippen LogP contribution in [0.1, 0.15) is 41.6 Å². The largest absolute Gasteiger partial charge is 0.392 e. The molecular formula is C26H32N4O3. The Labute approximate surface area is 194 Å². The fraction of sp³-hybridized carbons (Fsp3) is 0.462. The fourth-order valence-corrected chi connectivity index (χ4v) is 5.45. The molecule has 2 aromatic rings. The molecule has 7 nitrogen and oxygen atoms in total. The third kappa shape index (κ3) is 4.53. The van der Waals surface area contributed by atoms with Crippen LogP contribution in [0.25, 0.3) is 11.1 Å². The van der Waals surface area contributed by atoms with E-state index in [0.29, 0.717) is 31.7 Å². The third-order valence-corrected chi connectivity index (χ3v) is 7.33. The number of carbonyl (C=O) groups excluding carboxylic acids is 2. The van der Waals surface area contributed by atoms with E-state index >= 15 is 0 Å². The average Bonchev–Trinajstić information content (AvgIpc) is 2.88. The quantitative estimate of drug-likeness (QED) is 0.668. The van der Waals surface area contributed by atoms with E-state index in [0.717, 1.165) is 36.0 Å². The third-order valence-electron chi connectivity index (χ3n) is 7.33. The average molecular weight is 449 g/mol. The van der Waals surface area contributed by atoms with Crippen LogP contribution in [0, 0.1) is 5.92 Å². The van der Waals surface area contributed by atoms with Crippen molar-refractivity contribution < 1.29 is 14.7 Å². The molecule has 0 radical (unpaired) electrons. The van der Waals surface area contributed by atoms with Crippen molar-refractivity contribution in [3.05, 3.63) is 59.7 Å². The van der Waals surface area contributed by atoms with E-state index in [1.54, 1.807) is 0 Å². The number of hydrogen-bond donors (Lipinski definition) is 3. The Balaban J connectivity index is 1.23. The number of amides is 2. The van der Waals surface area contributed by atoms with Gasteiger partial charge in [0.2, 0.25) is 5.91 Å². The molecule has 5 rings (SSSR count). The SMILES string of the molecule is O=C1NC(N2CCN(C(=O)c3cccc(-c4ccccc4CO)c3)CC2)NC2CCCCC12. The van der Waals surface area contributed by atoms with Crippen LogP contribution in [-0.2, 0) is 11.4 Å². The number of carbonyl (C=O) groups is 2. The zero-order valence-corrected chi connectivity index (χ0v) is 18.9. The van der Waals surface area contributed by atoms with Gasteiger partial charge in [0, 0.05) is 37.8 Å². The first-order chi connectivity index (χ1) is 16.1. The van der Waals surface area contributed by atoms with Gasteiger partial charge in [-0.2, -0.15) is 0 Å². The van der Waals surface area contributed by atoms with Crippen LogP contribution in [0.2, 0.25) is 0 Å². The van der Waals surface area contributed by atoms with Gasteiger partial charge in [-0.25, -0.2) is 0 Å². The summed E-state index contributed by atoms with van der Waals surface area (Å²) in [6.07, 6.45) is 4.20. The number of aliphatic hydroxyl groups excluding tert-OH is 1. The van der Waals surface area contributed by atoms with Crippen molar-refractivity contribution in [1.82, 2.24) is 20.4 Å². The van der Waals surface area contributed by atoms with Crippen LogP contribution < -0.4 is 10.6 Å². The van der Waals surface area contributed by atoms with Crippen LogP contribution in [0.4, 0.5) is 0 Å². The monoisotopic (exact) mass is 448 g/mol. The lowest BCUT2D eigenvalue weighted by atomic mass is 9.82. The van der Waals surface area contributed by atoms with Gasteiger partial charge in [0.1, 0.15) is 6.29 Å². The molecule has 2 aliphatic heterocycles. The molecule has 0 bridgehead atoms. The maximum atomic E-state index is 13.2. The highest BCUT2D eigenvalue weighted by Gasteiger charge is 2.40. The molecule has 174 valence electrons. The van der Waals surface area contributed by atoms with Gasteiger partial charge in [0.15, 0.2) is 0 Å². The highest BCUT2D eigenvalue weighted by atomic mass is 16.3. The van der Waals surface area contributed by atoms with Gasteiger partial charge in [0.25, 0.3) is 5.91 Å². The van der Waals surface area contributed by atoms with Crippen LogP contribution in [0.5, 0.6) is 0 Å². The van der Waals surface area contributed by atoms with Crippen molar-refractivity contribution in [3.63, 3.8) is 0 Å². The Morgan fingerprint density at radius 1 is 1.00 bits per heavy atom. The van der Waals surface area contributed by atoms with Crippen LogP contribution >= 0.6 is 0 Å². The molecule has 7 heteroatoms. The van der Waals surface area contributed by atoms with E-state index in [1.807, 2.05) is 53.4 Å². The van der Waals surface area contributed by atoms with E-state index < -0.39 is 0 Å². The summed E-state index contributed by atoms with van der Waals surface area (Å²) < 4.78 is 0. The Hall–Kier alpha value is -2.74. The van der Waals surface area contributed by atoms with Crippen molar-refractivity contribution >= 4 is 11.8 Å². The van der Waals surface area contributed by atoms with Crippen molar-refractivity contribution in [3.8, 4) is 11.1 Å². The minimum Gasteiger partial charge on any atom is -0.392 e.